The molecule has 0 unspecified atom stereocenters. The molecule has 2 aliphatic carbocycles. The number of hydrogen-bond donors (Lipinski definition) is 0. The van der Waals surface area contributed by atoms with E-state index in [1.54, 1.807) is 0 Å². The van der Waals surface area contributed by atoms with E-state index in [1.165, 1.54) is 55.6 Å². The van der Waals surface area contributed by atoms with Gasteiger partial charge >= 0.3 is 37.9 Å². The predicted octanol–water partition coefficient (Wildman–Crippen LogP) is 10.1. The number of halogens is 2. The average molecular weight is 605 g/mol. The molecule has 0 spiro atoms. The van der Waals surface area contributed by atoms with Crippen LogP contribution in [0, 0.1) is 12.1 Å². The van der Waals surface area contributed by atoms with Gasteiger partial charge in [0.05, 0.1) is 0 Å². The molecule has 0 fully saturated rings. The van der Waals surface area contributed by atoms with Gasteiger partial charge in [-0.1, -0.05) is 90.1 Å². The first-order valence-corrected chi connectivity index (χ1v) is 19.1. The average Bonchev–Trinajstić information content (AvgIpc) is 3.42. The zero-order valence-corrected chi connectivity index (χ0v) is 26.6. The van der Waals surface area contributed by atoms with Crippen molar-refractivity contribution in [3.8, 4) is 22.3 Å². The van der Waals surface area contributed by atoms with Crippen LogP contribution in [0.3, 0.4) is 0 Å². The molecule has 0 aliphatic heterocycles. The van der Waals surface area contributed by atoms with E-state index in [2.05, 4.69) is 126 Å². The Labute approximate surface area is 242 Å². The fourth-order valence-corrected chi connectivity index (χ4v) is 5.53. The van der Waals surface area contributed by atoms with Gasteiger partial charge in [0.2, 0.25) is 0 Å². The van der Waals surface area contributed by atoms with Crippen molar-refractivity contribution < 1.29 is 20.8 Å². The molecule has 0 aromatic heterocycles. The molecule has 0 radical (unpaired) electrons. The summed E-state index contributed by atoms with van der Waals surface area (Å²) in [5, 5.41) is 0. The van der Waals surface area contributed by atoms with Crippen molar-refractivity contribution in [3.05, 3.63) is 118 Å². The van der Waals surface area contributed by atoms with Gasteiger partial charge in [-0.25, -0.2) is 0 Å². The topological polar surface area (TPSA) is 0 Å². The first-order valence-electron chi connectivity index (χ1n) is 12.8. The minimum atomic E-state index is -0.826. The van der Waals surface area contributed by atoms with Gasteiger partial charge in [-0.15, -0.1) is 22.3 Å². The molecule has 2 aliphatic rings. The van der Waals surface area contributed by atoms with Gasteiger partial charge in [-0.3, -0.25) is 0 Å². The van der Waals surface area contributed by atoms with Crippen molar-refractivity contribution in [2.75, 3.05) is 0 Å². The SMILES string of the molecule is CC(C)(C)c1[c-]ccc2c1Cc1ccccc1-2.CC(C)(C)c1[c-]ccc2c1Cc1ccccc1-2.[Cl][Zr+2][Cl]. The fourth-order valence-electron chi connectivity index (χ4n) is 5.53. The number of hydrogen-bond acceptors (Lipinski definition) is 0. The molecule has 0 atom stereocenters. The second-order valence-electron chi connectivity index (χ2n) is 11.7. The summed E-state index contributed by atoms with van der Waals surface area (Å²) >= 11 is -0.826. The van der Waals surface area contributed by atoms with Gasteiger partial charge in [0.1, 0.15) is 0 Å². The molecule has 0 bridgehead atoms. The van der Waals surface area contributed by atoms with E-state index in [1.807, 2.05) is 0 Å². The first-order chi connectivity index (χ1) is 17.6. The third-order valence-electron chi connectivity index (χ3n) is 7.06. The minimum absolute atomic E-state index is 0.174. The van der Waals surface area contributed by atoms with Crippen LogP contribution in [-0.4, -0.2) is 0 Å². The first kappa shape index (κ1) is 28.4. The molecule has 4 aromatic rings. The second-order valence-corrected chi connectivity index (χ2v) is 15.5. The van der Waals surface area contributed by atoms with Crippen LogP contribution in [0.1, 0.15) is 74.9 Å². The van der Waals surface area contributed by atoms with Crippen LogP contribution in [0.25, 0.3) is 22.3 Å². The van der Waals surface area contributed by atoms with E-state index in [0.29, 0.717) is 0 Å². The van der Waals surface area contributed by atoms with Gasteiger partial charge in [0, 0.05) is 0 Å². The Morgan fingerprint density at radius 2 is 0.919 bits per heavy atom. The second kappa shape index (κ2) is 11.6. The number of fused-ring (bicyclic) bond motifs is 6. The summed E-state index contributed by atoms with van der Waals surface area (Å²) in [6, 6.07) is 32.9. The van der Waals surface area contributed by atoms with Crippen molar-refractivity contribution in [3.63, 3.8) is 0 Å². The molecule has 0 N–H and O–H groups in total. The summed E-state index contributed by atoms with van der Waals surface area (Å²) < 4.78 is 0. The van der Waals surface area contributed by atoms with Crippen molar-refractivity contribution in [2.24, 2.45) is 0 Å². The van der Waals surface area contributed by atoms with E-state index in [0.717, 1.165) is 12.8 Å². The molecule has 0 nitrogen and oxygen atoms in total. The molecule has 0 saturated carbocycles. The van der Waals surface area contributed by atoms with Crippen LogP contribution < -0.4 is 0 Å². The molecule has 0 amide bonds. The molecular weight excluding hydrogens is 571 g/mol. The maximum absolute atomic E-state index is 4.93. The summed E-state index contributed by atoms with van der Waals surface area (Å²) in [4.78, 5) is 0. The quantitative estimate of drug-likeness (QED) is 0.151. The third-order valence-corrected chi connectivity index (χ3v) is 7.06. The molecule has 0 saturated heterocycles. The zero-order valence-electron chi connectivity index (χ0n) is 22.6. The van der Waals surface area contributed by atoms with Crippen molar-refractivity contribution in [1.82, 2.24) is 0 Å². The number of rotatable bonds is 0. The van der Waals surface area contributed by atoms with Crippen LogP contribution in [0.4, 0.5) is 0 Å². The molecule has 6 rings (SSSR count). The Balaban J connectivity index is 0.000000157. The Morgan fingerprint density at radius 1 is 0.568 bits per heavy atom. The molecule has 37 heavy (non-hydrogen) atoms. The van der Waals surface area contributed by atoms with Crippen LogP contribution in [0.5, 0.6) is 0 Å². The summed E-state index contributed by atoms with van der Waals surface area (Å²) in [6.07, 6.45) is 2.13. The Bertz CT molecular complexity index is 1280. The normalized spacial score (nSPS) is 12.5. The van der Waals surface area contributed by atoms with E-state index < -0.39 is 20.8 Å². The molecule has 188 valence electrons. The Kier molecular flexibility index (Phi) is 8.90. The van der Waals surface area contributed by atoms with Crippen LogP contribution in [-0.2, 0) is 44.5 Å². The van der Waals surface area contributed by atoms with Gasteiger partial charge in [-0.05, 0) is 45.9 Å². The van der Waals surface area contributed by atoms with Gasteiger partial charge < -0.3 is 0 Å². The third kappa shape index (κ3) is 6.16. The Morgan fingerprint density at radius 3 is 1.27 bits per heavy atom. The molecule has 4 aromatic carbocycles. The van der Waals surface area contributed by atoms with E-state index in [-0.39, 0.29) is 10.8 Å². The van der Waals surface area contributed by atoms with E-state index in [4.69, 9.17) is 17.0 Å². The van der Waals surface area contributed by atoms with E-state index in [9.17, 15) is 0 Å². The summed E-state index contributed by atoms with van der Waals surface area (Å²) in [5.41, 5.74) is 14.6. The summed E-state index contributed by atoms with van der Waals surface area (Å²) in [6.45, 7) is 13.6. The molecule has 3 heteroatoms. The van der Waals surface area contributed by atoms with Crippen LogP contribution in [0.2, 0.25) is 0 Å². The van der Waals surface area contributed by atoms with Crippen molar-refractivity contribution >= 4 is 17.0 Å². The van der Waals surface area contributed by atoms with Gasteiger partial charge in [0.25, 0.3) is 0 Å². The fraction of sp³-hybridized carbons (Fsp3) is 0.294. The predicted molar refractivity (Wildman–Crippen MR) is 156 cm³/mol. The van der Waals surface area contributed by atoms with Crippen LogP contribution in [0.15, 0.2) is 72.8 Å². The van der Waals surface area contributed by atoms with Crippen molar-refractivity contribution in [2.45, 2.75) is 65.2 Å². The van der Waals surface area contributed by atoms with Crippen molar-refractivity contribution in [1.29, 1.82) is 0 Å². The monoisotopic (exact) mass is 602 g/mol. The maximum atomic E-state index is 4.93. The number of benzene rings is 4. The standard InChI is InChI=1S/2C17H17.2ClH.Zr/c2*1-17(2,3)16-10-6-9-14-13-8-5-4-7-12(13)11-15(14)16;;;/h2*4-9H,11H2,1-3H3;2*1H;/q2*-1;;;+4/p-2. The molecule has 0 heterocycles. The van der Waals surface area contributed by atoms with Gasteiger partial charge in [-0.2, -0.15) is 47.5 Å². The van der Waals surface area contributed by atoms with Crippen LogP contribution >= 0.6 is 17.0 Å². The van der Waals surface area contributed by atoms with Gasteiger partial charge in [0.15, 0.2) is 0 Å². The molecular formula is C34H34Cl2Zr. The summed E-state index contributed by atoms with van der Waals surface area (Å²) in [7, 11) is 9.87. The van der Waals surface area contributed by atoms with E-state index >= 15 is 0 Å². The Hall–Kier alpha value is -1.66. The zero-order chi connectivity index (χ0) is 26.8. The summed E-state index contributed by atoms with van der Waals surface area (Å²) in [5.74, 6) is 0.